The van der Waals surface area contributed by atoms with E-state index in [9.17, 15) is 9.59 Å². The maximum Gasteiger partial charge on any atom is 0.326 e. The first kappa shape index (κ1) is 15.8. The van der Waals surface area contributed by atoms with Gasteiger partial charge in [-0.25, -0.2) is 4.79 Å². The number of carboxylic acids is 1. The molecule has 0 saturated carbocycles. The highest BCUT2D eigenvalue weighted by atomic mass is 16.5. The molecular formula is C15H19NO4. The van der Waals surface area contributed by atoms with Gasteiger partial charge in [-0.2, -0.15) is 0 Å². The van der Waals surface area contributed by atoms with Gasteiger partial charge in [0.05, 0.1) is 0 Å². The smallest absolute Gasteiger partial charge is 0.326 e. The molecule has 1 rings (SSSR count). The monoisotopic (exact) mass is 277 g/mol. The van der Waals surface area contributed by atoms with E-state index in [0.29, 0.717) is 5.75 Å². The molecule has 108 valence electrons. The predicted molar refractivity (Wildman–Crippen MR) is 75.8 cm³/mol. The maximum atomic E-state index is 11.7. The van der Waals surface area contributed by atoms with Crippen LogP contribution in [0.4, 0.5) is 0 Å². The van der Waals surface area contributed by atoms with Crippen LogP contribution in [0.25, 0.3) is 0 Å². The predicted octanol–water partition coefficient (Wildman–Crippen LogP) is 1.83. The number of rotatable bonds is 7. The topological polar surface area (TPSA) is 75.6 Å². The SMILES string of the molecule is C=CCC(NC(=O)COc1cccc(C)c1C)C(=O)O. The van der Waals surface area contributed by atoms with E-state index in [0.717, 1.165) is 11.1 Å². The Hall–Kier alpha value is -2.30. The molecule has 5 nitrogen and oxygen atoms in total. The number of hydrogen-bond donors (Lipinski definition) is 2. The third kappa shape index (κ3) is 4.42. The zero-order valence-electron chi connectivity index (χ0n) is 11.7. The number of carbonyl (C=O) groups excluding carboxylic acids is 1. The lowest BCUT2D eigenvalue weighted by molar-refractivity contribution is -0.142. The van der Waals surface area contributed by atoms with Crippen molar-refractivity contribution in [3.8, 4) is 5.75 Å². The van der Waals surface area contributed by atoms with Crippen LogP contribution in [0.2, 0.25) is 0 Å². The first-order valence-electron chi connectivity index (χ1n) is 6.27. The number of benzene rings is 1. The number of ether oxygens (including phenoxy) is 1. The molecule has 0 aromatic heterocycles. The van der Waals surface area contributed by atoms with Gasteiger partial charge < -0.3 is 15.2 Å². The molecule has 1 aromatic rings. The summed E-state index contributed by atoms with van der Waals surface area (Å²) in [4.78, 5) is 22.6. The summed E-state index contributed by atoms with van der Waals surface area (Å²) in [6.45, 7) is 7.10. The number of aliphatic carboxylic acids is 1. The van der Waals surface area contributed by atoms with E-state index in [4.69, 9.17) is 9.84 Å². The lowest BCUT2D eigenvalue weighted by atomic mass is 10.1. The normalized spacial score (nSPS) is 11.5. The summed E-state index contributed by atoms with van der Waals surface area (Å²) in [6, 6.07) is 4.59. The average molecular weight is 277 g/mol. The van der Waals surface area contributed by atoms with E-state index in [1.54, 1.807) is 6.07 Å². The summed E-state index contributed by atoms with van der Waals surface area (Å²) in [5.74, 6) is -0.944. The van der Waals surface area contributed by atoms with Crippen LogP contribution in [0, 0.1) is 13.8 Å². The fourth-order valence-electron chi connectivity index (χ4n) is 1.65. The molecule has 0 radical (unpaired) electrons. The Morgan fingerprint density at radius 1 is 1.45 bits per heavy atom. The Bertz CT molecular complexity index is 511. The molecule has 1 aromatic carbocycles. The number of hydrogen-bond acceptors (Lipinski definition) is 3. The van der Waals surface area contributed by atoms with E-state index in [1.165, 1.54) is 6.08 Å². The standard InChI is InChI=1S/C15H19NO4/c1-4-6-12(15(18)19)16-14(17)9-20-13-8-5-7-10(2)11(13)3/h4-5,7-8,12H,1,6,9H2,2-3H3,(H,16,17)(H,18,19). The quantitative estimate of drug-likeness (QED) is 0.745. The van der Waals surface area contributed by atoms with Gasteiger partial charge in [0.15, 0.2) is 6.61 Å². The van der Waals surface area contributed by atoms with Crippen molar-refractivity contribution in [2.24, 2.45) is 0 Å². The third-order valence-corrected chi connectivity index (χ3v) is 2.95. The highest BCUT2D eigenvalue weighted by molar-refractivity contribution is 5.84. The zero-order valence-corrected chi connectivity index (χ0v) is 11.7. The number of nitrogens with one attached hydrogen (secondary N) is 1. The Labute approximate surface area is 118 Å². The van der Waals surface area contributed by atoms with E-state index in [-0.39, 0.29) is 13.0 Å². The van der Waals surface area contributed by atoms with Gasteiger partial charge in [-0.05, 0) is 37.5 Å². The number of carbonyl (C=O) groups is 2. The lowest BCUT2D eigenvalue weighted by Crippen LogP contribution is -2.42. The maximum absolute atomic E-state index is 11.7. The highest BCUT2D eigenvalue weighted by Gasteiger charge is 2.18. The molecule has 0 aliphatic heterocycles. The largest absolute Gasteiger partial charge is 0.483 e. The zero-order chi connectivity index (χ0) is 15.1. The van der Waals surface area contributed by atoms with E-state index >= 15 is 0 Å². The van der Waals surface area contributed by atoms with Crippen LogP contribution in [-0.4, -0.2) is 29.6 Å². The van der Waals surface area contributed by atoms with Crippen LogP contribution in [-0.2, 0) is 9.59 Å². The summed E-state index contributed by atoms with van der Waals surface area (Å²) in [5, 5.41) is 11.3. The number of carboxylic acid groups (broad SMARTS) is 1. The molecule has 0 heterocycles. The molecular weight excluding hydrogens is 258 g/mol. The second-order valence-electron chi connectivity index (χ2n) is 4.47. The second-order valence-corrected chi connectivity index (χ2v) is 4.47. The molecule has 0 bridgehead atoms. The Balaban J connectivity index is 2.56. The van der Waals surface area contributed by atoms with Crippen molar-refractivity contribution in [3.05, 3.63) is 42.0 Å². The van der Waals surface area contributed by atoms with Crippen molar-refractivity contribution in [1.29, 1.82) is 0 Å². The van der Waals surface area contributed by atoms with Gasteiger partial charge in [-0.3, -0.25) is 4.79 Å². The van der Waals surface area contributed by atoms with Gasteiger partial charge in [-0.1, -0.05) is 18.2 Å². The molecule has 0 aliphatic rings. The molecule has 0 spiro atoms. The Kier molecular flexibility index (Phi) is 5.77. The van der Waals surface area contributed by atoms with Crippen molar-refractivity contribution >= 4 is 11.9 Å². The first-order chi connectivity index (χ1) is 9.45. The van der Waals surface area contributed by atoms with Crippen LogP contribution >= 0.6 is 0 Å². The molecule has 1 atom stereocenters. The number of amides is 1. The minimum absolute atomic E-state index is 0.171. The van der Waals surface area contributed by atoms with Gasteiger partial charge in [-0.15, -0.1) is 6.58 Å². The molecule has 20 heavy (non-hydrogen) atoms. The minimum Gasteiger partial charge on any atom is -0.483 e. The van der Waals surface area contributed by atoms with Crippen LogP contribution in [0.15, 0.2) is 30.9 Å². The van der Waals surface area contributed by atoms with E-state index < -0.39 is 17.9 Å². The molecule has 5 heteroatoms. The molecule has 1 unspecified atom stereocenters. The molecule has 2 N–H and O–H groups in total. The molecule has 0 saturated heterocycles. The van der Waals surface area contributed by atoms with Crippen molar-refractivity contribution in [1.82, 2.24) is 5.32 Å². The second kappa shape index (κ2) is 7.33. The average Bonchev–Trinajstić information content (AvgIpc) is 2.40. The molecule has 0 fully saturated rings. The van der Waals surface area contributed by atoms with Gasteiger partial charge in [0.2, 0.25) is 0 Å². The lowest BCUT2D eigenvalue weighted by Gasteiger charge is -2.14. The van der Waals surface area contributed by atoms with Crippen molar-refractivity contribution < 1.29 is 19.4 Å². The third-order valence-electron chi connectivity index (χ3n) is 2.95. The van der Waals surface area contributed by atoms with Crippen LogP contribution < -0.4 is 10.1 Å². The molecule has 1 amide bonds. The minimum atomic E-state index is -1.09. The van der Waals surface area contributed by atoms with Crippen LogP contribution in [0.3, 0.4) is 0 Å². The van der Waals surface area contributed by atoms with Crippen molar-refractivity contribution in [2.75, 3.05) is 6.61 Å². The van der Waals surface area contributed by atoms with E-state index in [1.807, 2.05) is 26.0 Å². The Morgan fingerprint density at radius 2 is 2.15 bits per heavy atom. The van der Waals surface area contributed by atoms with Gasteiger partial charge >= 0.3 is 5.97 Å². The Morgan fingerprint density at radius 3 is 2.75 bits per heavy atom. The summed E-state index contributed by atoms with van der Waals surface area (Å²) < 4.78 is 5.41. The first-order valence-corrected chi connectivity index (χ1v) is 6.27. The number of aryl methyl sites for hydroxylation is 1. The fourth-order valence-corrected chi connectivity index (χ4v) is 1.65. The van der Waals surface area contributed by atoms with Crippen LogP contribution in [0.5, 0.6) is 5.75 Å². The van der Waals surface area contributed by atoms with Crippen LogP contribution in [0.1, 0.15) is 17.5 Å². The summed E-state index contributed by atoms with van der Waals surface area (Å²) >= 11 is 0. The summed E-state index contributed by atoms with van der Waals surface area (Å²) in [7, 11) is 0. The van der Waals surface area contributed by atoms with Gasteiger partial charge in [0, 0.05) is 0 Å². The van der Waals surface area contributed by atoms with Crippen molar-refractivity contribution in [3.63, 3.8) is 0 Å². The van der Waals surface area contributed by atoms with Crippen molar-refractivity contribution in [2.45, 2.75) is 26.3 Å². The highest BCUT2D eigenvalue weighted by Crippen LogP contribution is 2.20. The summed E-state index contributed by atoms with van der Waals surface area (Å²) in [5.41, 5.74) is 2.03. The van der Waals surface area contributed by atoms with Gasteiger partial charge in [0.25, 0.3) is 5.91 Å². The molecule has 0 aliphatic carbocycles. The van der Waals surface area contributed by atoms with Gasteiger partial charge in [0.1, 0.15) is 11.8 Å². The van der Waals surface area contributed by atoms with E-state index in [2.05, 4.69) is 11.9 Å². The fraction of sp³-hybridized carbons (Fsp3) is 0.333. The summed E-state index contributed by atoms with van der Waals surface area (Å²) in [6.07, 6.45) is 1.62.